The van der Waals surface area contributed by atoms with Crippen LogP contribution in [0.5, 0.6) is 0 Å². The molecule has 1 aromatic carbocycles. The van der Waals surface area contributed by atoms with Crippen molar-refractivity contribution in [1.29, 1.82) is 0 Å². The number of ether oxygens (including phenoxy) is 1. The Morgan fingerprint density at radius 1 is 1.33 bits per heavy atom. The van der Waals surface area contributed by atoms with Crippen LogP contribution in [0.25, 0.3) is 0 Å². The summed E-state index contributed by atoms with van der Waals surface area (Å²) in [6, 6.07) is 7.53. The van der Waals surface area contributed by atoms with E-state index in [9.17, 15) is 4.79 Å². The highest BCUT2D eigenvalue weighted by Crippen LogP contribution is 2.09. The lowest BCUT2D eigenvalue weighted by molar-refractivity contribution is -0.117. The van der Waals surface area contributed by atoms with Crippen molar-refractivity contribution in [2.24, 2.45) is 11.7 Å². The van der Waals surface area contributed by atoms with E-state index in [0.717, 1.165) is 11.3 Å². The predicted octanol–water partition coefficient (Wildman–Crippen LogP) is 2.15. The number of hydrogen-bond donors (Lipinski definition) is 2. The minimum Gasteiger partial charge on any atom is -0.381 e. The quantitative estimate of drug-likeness (QED) is 0.729. The van der Waals surface area contributed by atoms with Gasteiger partial charge in [-0.2, -0.15) is 0 Å². The fourth-order valence-electron chi connectivity index (χ4n) is 1.43. The zero-order valence-electron chi connectivity index (χ0n) is 11.1. The molecular weight excluding hydrogens is 228 g/mol. The molecule has 0 saturated heterocycles. The molecule has 0 aliphatic heterocycles. The van der Waals surface area contributed by atoms with Gasteiger partial charge in [-0.25, -0.2) is 0 Å². The second kappa shape index (κ2) is 7.84. The van der Waals surface area contributed by atoms with Crippen molar-refractivity contribution in [1.82, 2.24) is 0 Å². The number of rotatable bonds is 7. The molecule has 4 heteroatoms. The van der Waals surface area contributed by atoms with Crippen molar-refractivity contribution >= 4 is 11.6 Å². The minimum atomic E-state index is -0.0285. The number of anilines is 1. The summed E-state index contributed by atoms with van der Waals surface area (Å²) in [6.45, 7) is 5.83. The van der Waals surface area contributed by atoms with Crippen molar-refractivity contribution in [2.45, 2.75) is 26.8 Å². The molecular formula is C14H22N2O2. The van der Waals surface area contributed by atoms with E-state index in [2.05, 4.69) is 19.2 Å². The molecule has 0 radical (unpaired) electrons. The Balaban J connectivity index is 2.26. The maximum Gasteiger partial charge on any atom is 0.226 e. The average molecular weight is 250 g/mol. The molecule has 0 aromatic heterocycles. The first-order valence-electron chi connectivity index (χ1n) is 6.28. The van der Waals surface area contributed by atoms with Gasteiger partial charge in [0.2, 0.25) is 5.91 Å². The maximum absolute atomic E-state index is 11.6. The minimum absolute atomic E-state index is 0.0285. The van der Waals surface area contributed by atoms with Gasteiger partial charge in [-0.1, -0.05) is 26.0 Å². The van der Waals surface area contributed by atoms with Crippen molar-refractivity contribution in [3.63, 3.8) is 0 Å². The standard InChI is InChI=1S/C14H22N2O2/c1-11(2)10-18-8-7-14(17)16-13-5-3-12(9-15)4-6-13/h3-6,11H,7-10,15H2,1-2H3,(H,16,17). The number of hydrogen-bond acceptors (Lipinski definition) is 3. The van der Waals surface area contributed by atoms with Crippen molar-refractivity contribution in [3.05, 3.63) is 29.8 Å². The van der Waals surface area contributed by atoms with Gasteiger partial charge >= 0.3 is 0 Å². The first-order chi connectivity index (χ1) is 8.61. The van der Waals surface area contributed by atoms with Gasteiger partial charge < -0.3 is 15.8 Å². The van der Waals surface area contributed by atoms with E-state index in [-0.39, 0.29) is 5.91 Å². The Hall–Kier alpha value is -1.39. The molecule has 18 heavy (non-hydrogen) atoms. The number of carbonyl (C=O) groups excluding carboxylic acids is 1. The van der Waals surface area contributed by atoms with Gasteiger partial charge in [0.25, 0.3) is 0 Å². The first kappa shape index (κ1) is 14.7. The fraction of sp³-hybridized carbons (Fsp3) is 0.500. The van der Waals surface area contributed by atoms with Crippen LogP contribution in [0.4, 0.5) is 5.69 Å². The van der Waals surface area contributed by atoms with Crippen LogP contribution in [-0.4, -0.2) is 19.1 Å². The van der Waals surface area contributed by atoms with Crippen LogP contribution in [0.1, 0.15) is 25.8 Å². The summed E-state index contributed by atoms with van der Waals surface area (Å²) in [5, 5.41) is 2.82. The molecule has 0 aliphatic rings. The number of amides is 1. The van der Waals surface area contributed by atoms with Gasteiger partial charge in [-0.05, 0) is 23.6 Å². The van der Waals surface area contributed by atoms with Gasteiger partial charge in [-0.3, -0.25) is 4.79 Å². The largest absolute Gasteiger partial charge is 0.381 e. The van der Waals surface area contributed by atoms with Crippen molar-refractivity contribution < 1.29 is 9.53 Å². The third-order valence-electron chi connectivity index (χ3n) is 2.40. The molecule has 1 aromatic rings. The third kappa shape index (κ3) is 5.80. The Morgan fingerprint density at radius 3 is 2.56 bits per heavy atom. The Bertz CT molecular complexity index is 361. The van der Waals surface area contributed by atoms with Crippen LogP contribution < -0.4 is 11.1 Å². The van der Waals surface area contributed by atoms with Crippen LogP contribution in [0.3, 0.4) is 0 Å². The van der Waals surface area contributed by atoms with E-state index in [4.69, 9.17) is 10.5 Å². The van der Waals surface area contributed by atoms with E-state index in [1.165, 1.54) is 0 Å². The zero-order chi connectivity index (χ0) is 13.4. The van der Waals surface area contributed by atoms with E-state index in [0.29, 0.717) is 32.1 Å². The molecule has 0 aliphatic carbocycles. The smallest absolute Gasteiger partial charge is 0.226 e. The summed E-state index contributed by atoms with van der Waals surface area (Å²) < 4.78 is 5.36. The van der Waals surface area contributed by atoms with Crippen LogP contribution in [-0.2, 0) is 16.1 Å². The van der Waals surface area contributed by atoms with Crippen LogP contribution >= 0.6 is 0 Å². The fourth-order valence-corrected chi connectivity index (χ4v) is 1.43. The van der Waals surface area contributed by atoms with Gasteiger partial charge in [-0.15, -0.1) is 0 Å². The lowest BCUT2D eigenvalue weighted by Crippen LogP contribution is -2.15. The monoisotopic (exact) mass is 250 g/mol. The molecule has 0 bridgehead atoms. The molecule has 0 heterocycles. The number of carbonyl (C=O) groups is 1. The second-order valence-corrected chi connectivity index (χ2v) is 4.67. The third-order valence-corrected chi connectivity index (χ3v) is 2.40. The van der Waals surface area contributed by atoms with Gasteiger partial charge in [0.1, 0.15) is 0 Å². The normalized spacial score (nSPS) is 10.7. The van der Waals surface area contributed by atoms with E-state index < -0.39 is 0 Å². The predicted molar refractivity (Wildman–Crippen MR) is 73.2 cm³/mol. The lowest BCUT2D eigenvalue weighted by Gasteiger charge is -2.08. The summed E-state index contributed by atoms with van der Waals surface area (Å²) in [5.74, 6) is 0.469. The average Bonchev–Trinajstić information content (AvgIpc) is 2.35. The van der Waals surface area contributed by atoms with Gasteiger partial charge in [0.15, 0.2) is 0 Å². The molecule has 1 amide bonds. The maximum atomic E-state index is 11.6. The molecule has 0 fully saturated rings. The van der Waals surface area contributed by atoms with E-state index >= 15 is 0 Å². The van der Waals surface area contributed by atoms with Gasteiger partial charge in [0.05, 0.1) is 13.0 Å². The Morgan fingerprint density at radius 2 is 2.00 bits per heavy atom. The van der Waals surface area contributed by atoms with E-state index in [1.807, 2.05) is 24.3 Å². The summed E-state index contributed by atoms with van der Waals surface area (Å²) >= 11 is 0. The molecule has 4 nitrogen and oxygen atoms in total. The molecule has 1 rings (SSSR count). The molecule has 3 N–H and O–H groups in total. The highest BCUT2D eigenvalue weighted by molar-refractivity contribution is 5.90. The van der Waals surface area contributed by atoms with Crippen LogP contribution in [0, 0.1) is 5.92 Å². The molecule has 0 unspecified atom stereocenters. The molecule has 0 saturated carbocycles. The zero-order valence-corrected chi connectivity index (χ0v) is 11.1. The van der Waals surface area contributed by atoms with Crippen LogP contribution in [0.2, 0.25) is 0 Å². The van der Waals surface area contributed by atoms with Crippen molar-refractivity contribution in [3.8, 4) is 0 Å². The second-order valence-electron chi connectivity index (χ2n) is 4.67. The lowest BCUT2D eigenvalue weighted by atomic mass is 10.2. The highest BCUT2D eigenvalue weighted by atomic mass is 16.5. The Labute approximate surface area is 109 Å². The summed E-state index contributed by atoms with van der Waals surface area (Å²) in [4.78, 5) is 11.6. The summed E-state index contributed by atoms with van der Waals surface area (Å²) in [7, 11) is 0. The van der Waals surface area contributed by atoms with Crippen molar-refractivity contribution in [2.75, 3.05) is 18.5 Å². The van der Waals surface area contributed by atoms with E-state index in [1.54, 1.807) is 0 Å². The number of nitrogens with two attached hydrogens (primary N) is 1. The number of nitrogens with one attached hydrogen (secondary N) is 1. The SMILES string of the molecule is CC(C)COCCC(=O)Nc1ccc(CN)cc1. The number of benzene rings is 1. The van der Waals surface area contributed by atoms with Crippen LogP contribution in [0.15, 0.2) is 24.3 Å². The Kier molecular flexibility index (Phi) is 6.39. The summed E-state index contributed by atoms with van der Waals surface area (Å²) in [6.07, 6.45) is 0.380. The highest BCUT2D eigenvalue weighted by Gasteiger charge is 2.03. The molecule has 100 valence electrons. The first-order valence-corrected chi connectivity index (χ1v) is 6.28. The van der Waals surface area contributed by atoms with Gasteiger partial charge in [0, 0.05) is 18.8 Å². The topological polar surface area (TPSA) is 64.3 Å². The molecule has 0 spiro atoms. The summed E-state index contributed by atoms with van der Waals surface area (Å²) in [5.41, 5.74) is 7.34. The molecule has 0 atom stereocenters.